The Morgan fingerprint density at radius 2 is 1.86 bits per heavy atom. The molecule has 9 heteroatoms. The zero-order valence-electron chi connectivity index (χ0n) is 22.8. The summed E-state index contributed by atoms with van der Waals surface area (Å²) in [6.07, 6.45) is 11.6. The molecule has 1 heterocycles. The summed E-state index contributed by atoms with van der Waals surface area (Å²) in [7, 11) is -4.61. The van der Waals surface area contributed by atoms with Gasteiger partial charge >= 0.3 is 16.4 Å². The van der Waals surface area contributed by atoms with E-state index < -0.39 is 22.4 Å². The average molecular weight is 538 g/mol. The topological polar surface area (TPSA) is 121 Å². The second kappa shape index (κ2) is 9.70. The van der Waals surface area contributed by atoms with Gasteiger partial charge in [-0.05, 0) is 97.9 Å². The van der Waals surface area contributed by atoms with Gasteiger partial charge in [0.25, 0.3) is 5.91 Å². The van der Waals surface area contributed by atoms with Crippen LogP contribution in [0.3, 0.4) is 0 Å². The molecule has 6 atom stereocenters. The highest BCUT2D eigenvalue weighted by atomic mass is 32.3. The van der Waals surface area contributed by atoms with Crippen molar-refractivity contribution in [2.75, 3.05) is 6.54 Å². The fourth-order valence-corrected chi connectivity index (χ4v) is 9.24. The number of allylic oxidation sites excluding steroid dienone is 1. The lowest BCUT2D eigenvalue weighted by atomic mass is 9.39. The Bertz CT molecular complexity index is 1110. The molecule has 1 amide bonds. The second-order valence-corrected chi connectivity index (χ2v) is 14.1. The first-order valence-electron chi connectivity index (χ1n) is 13.7. The fourth-order valence-electron chi connectivity index (χ4n) is 8.99. The molecule has 3 saturated carbocycles. The number of amides is 1. The van der Waals surface area contributed by atoms with Crippen molar-refractivity contribution in [3.05, 3.63) is 23.5 Å². The maximum atomic E-state index is 13.0. The Morgan fingerprint density at radius 3 is 2.51 bits per heavy atom. The number of carbonyl (C=O) groups excluding carboxylic acids is 1. The van der Waals surface area contributed by atoms with E-state index in [1.54, 1.807) is 0 Å². The number of carbonyl (C=O) groups is 2. The van der Waals surface area contributed by atoms with E-state index in [-0.39, 0.29) is 29.2 Å². The van der Waals surface area contributed by atoms with Crippen LogP contribution in [-0.2, 0) is 24.2 Å². The number of aliphatic carboxylic acids is 1. The van der Waals surface area contributed by atoms with Crippen molar-refractivity contribution in [3.63, 3.8) is 0 Å². The summed E-state index contributed by atoms with van der Waals surface area (Å²) in [6, 6.07) is -0.888. The molecule has 3 fully saturated rings. The fraction of sp³-hybridized carbons (Fsp3) is 0.786. The van der Waals surface area contributed by atoms with Crippen molar-refractivity contribution in [2.24, 2.45) is 34.0 Å². The van der Waals surface area contributed by atoms with Gasteiger partial charge < -0.3 is 14.2 Å². The molecule has 37 heavy (non-hydrogen) atoms. The molecule has 0 aromatic heterocycles. The van der Waals surface area contributed by atoms with Gasteiger partial charge in [-0.2, -0.15) is 8.42 Å². The number of carboxylic acid groups (broad SMARTS) is 1. The third kappa shape index (κ3) is 5.10. The molecular formula is C28H43NO7S. The largest absolute Gasteiger partial charge is 0.480 e. The van der Waals surface area contributed by atoms with Crippen LogP contribution in [0.4, 0.5) is 0 Å². The molecule has 8 nitrogen and oxygen atoms in total. The highest BCUT2D eigenvalue weighted by Crippen LogP contribution is 2.69. The molecule has 208 valence electrons. The van der Waals surface area contributed by atoms with E-state index in [0.29, 0.717) is 42.1 Å². The lowest BCUT2D eigenvalue weighted by molar-refractivity contribution is -0.154. The number of hydrogen-bond donors (Lipinski definition) is 2. The summed E-state index contributed by atoms with van der Waals surface area (Å²) in [4.78, 5) is 25.8. The van der Waals surface area contributed by atoms with Crippen molar-refractivity contribution >= 4 is 22.3 Å². The minimum absolute atomic E-state index is 0.00420. The van der Waals surface area contributed by atoms with Crippen LogP contribution in [-0.4, -0.2) is 47.4 Å². The van der Waals surface area contributed by atoms with Crippen LogP contribution in [0.1, 0.15) is 92.4 Å². The standard InChI is InChI=1S/C28H43NO7S/c1-18(25(31)32)29-16-12-19(24(29)30)7-9-21-20(17-36-37(33,34)35)8-10-23-27(21,4)15-11-22-26(2,3)13-6-14-28(22,23)5/h12,17-18,21-23H,6-11,13-16H2,1-5H3,(H,31,32)(H,33,34,35)/b20-17+/t18-,21+,22+,23+,27-,28+/m1/s1. The van der Waals surface area contributed by atoms with Gasteiger partial charge in [-0.3, -0.25) is 9.35 Å². The van der Waals surface area contributed by atoms with Gasteiger partial charge in [0.05, 0.1) is 0 Å². The van der Waals surface area contributed by atoms with E-state index in [1.165, 1.54) is 37.3 Å². The Balaban J connectivity index is 1.62. The van der Waals surface area contributed by atoms with Crippen LogP contribution < -0.4 is 0 Å². The molecule has 1 aliphatic heterocycles. The van der Waals surface area contributed by atoms with Crippen molar-refractivity contribution in [1.82, 2.24) is 4.90 Å². The predicted octanol–water partition coefficient (Wildman–Crippen LogP) is 5.37. The Labute approximate surface area is 221 Å². The maximum absolute atomic E-state index is 13.0. The molecule has 0 spiro atoms. The summed E-state index contributed by atoms with van der Waals surface area (Å²) >= 11 is 0. The minimum Gasteiger partial charge on any atom is -0.480 e. The number of nitrogens with zero attached hydrogens (tertiary/aromatic N) is 1. The van der Waals surface area contributed by atoms with Gasteiger partial charge in [0.1, 0.15) is 12.3 Å². The number of fused-ring (bicyclic) bond motifs is 3. The molecule has 0 saturated heterocycles. The van der Waals surface area contributed by atoms with Crippen LogP contribution in [0.2, 0.25) is 0 Å². The first-order chi connectivity index (χ1) is 17.1. The lowest BCUT2D eigenvalue weighted by Gasteiger charge is -2.66. The Morgan fingerprint density at radius 1 is 1.16 bits per heavy atom. The highest BCUT2D eigenvalue weighted by Gasteiger charge is 2.61. The van der Waals surface area contributed by atoms with Gasteiger partial charge in [0.15, 0.2) is 0 Å². The van der Waals surface area contributed by atoms with Gasteiger partial charge in [-0.25, -0.2) is 4.79 Å². The summed E-state index contributed by atoms with van der Waals surface area (Å²) in [5.74, 6) is -0.175. The van der Waals surface area contributed by atoms with Crippen molar-refractivity contribution in [3.8, 4) is 0 Å². The number of hydrogen-bond acceptors (Lipinski definition) is 5. The monoisotopic (exact) mass is 537 g/mol. The highest BCUT2D eigenvalue weighted by molar-refractivity contribution is 7.81. The van der Waals surface area contributed by atoms with E-state index in [9.17, 15) is 27.7 Å². The molecule has 3 aliphatic carbocycles. The molecule has 2 N–H and O–H groups in total. The number of carboxylic acids is 1. The van der Waals surface area contributed by atoms with Gasteiger partial charge in [0, 0.05) is 12.1 Å². The quantitative estimate of drug-likeness (QED) is 0.331. The predicted molar refractivity (Wildman–Crippen MR) is 140 cm³/mol. The minimum atomic E-state index is -4.61. The molecule has 0 aromatic rings. The first-order valence-corrected chi connectivity index (χ1v) is 15.0. The Hall–Kier alpha value is -1.87. The van der Waals surface area contributed by atoms with Crippen molar-refractivity contribution in [1.29, 1.82) is 0 Å². The van der Waals surface area contributed by atoms with Crippen molar-refractivity contribution in [2.45, 2.75) is 98.4 Å². The normalized spacial score (nSPS) is 37.5. The molecule has 0 aromatic carbocycles. The zero-order chi connectivity index (χ0) is 27.4. The molecule has 4 rings (SSSR count). The summed E-state index contributed by atoms with van der Waals surface area (Å²) in [5.41, 5.74) is 1.88. The Kier molecular flexibility index (Phi) is 7.38. The van der Waals surface area contributed by atoms with E-state index in [4.69, 9.17) is 4.18 Å². The van der Waals surface area contributed by atoms with Crippen LogP contribution in [0.25, 0.3) is 0 Å². The van der Waals surface area contributed by atoms with E-state index in [2.05, 4.69) is 27.7 Å². The van der Waals surface area contributed by atoms with Gasteiger partial charge in [-0.1, -0.05) is 40.2 Å². The molecule has 0 radical (unpaired) electrons. The van der Waals surface area contributed by atoms with Crippen LogP contribution >= 0.6 is 0 Å². The zero-order valence-corrected chi connectivity index (χ0v) is 23.6. The van der Waals surface area contributed by atoms with Gasteiger partial charge in [-0.15, -0.1) is 0 Å². The third-order valence-corrected chi connectivity index (χ3v) is 11.1. The van der Waals surface area contributed by atoms with Crippen molar-refractivity contribution < 1.29 is 31.8 Å². The first kappa shape index (κ1) is 28.1. The maximum Gasteiger partial charge on any atom is 0.445 e. The molecule has 0 unspecified atom stereocenters. The average Bonchev–Trinajstić information content (AvgIpc) is 3.14. The molecule has 0 bridgehead atoms. The van der Waals surface area contributed by atoms with E-state index in [1.807, 2.05) is 6.08 Å². The molecular weight excluding hydrogens is 494 g/mol. The lowest BCUT2D eigenvalue weighted by Crippen LogP contribution is -2.58. The van der Waals surface area contributed by atoms with E-state index in [0.717, 1.165) is 24.8 Å². The second-order valence-electron chi connectivity index (χ2n) is 13.0. The number of rotatable bonds is 7. The summed E-state index contributed by atoms with van der Waals surface area (Å²) in [5, 5.41) is 9.35. The third-order valence-electron chi connectivity index (χ3n) is 10.7. The van der Waals surface area contributed by atoms with Crippen LogP contribution in [0.15, 0.2) is 23.5 Å². The summed E-state index contributed by atoms with van der Waals surface area (Å²) < 4.78 is 36.8. The SMILES string of the molecule is C[C@H](C(=O)O)N1CC=C(CC[C@H]2/C(=C/OS(=O)(=O)O)CC[C@H]3[C@]2(C)CC[C@H]2C(C)(C)CCC[C@]32C)C1=O. The smallest absolute Gasteiger partial charge is 0.445 e. The van der Waals surface area contributed by atoms with Gasteiger partial charge in [0.2, 0.25) is 0 Å². The molecule has 4 aliphatic rings. The summed E-state index contributed by atoms with van der Waals surface area (Å²) in [6.45, 7) is 11.4. The van der Waals surface area contributed by atoms with E-state index >= 15 is 0 Å². The van der Waals surface area contributed by atoms with Crippen LogP contribution in [0, 0.1) is 34.0 Å². The van der Waals surface area contributed by atoms with Crippen LogP contribution in [0.5, 0.6) is 0 Å².